The molecule has 1 aliphatic carbocycles. The Kier molecular flexibility index (Phi) is 8.53. The number of halogens is 1. The van der Waals surface area contributed by atoms with Gasteiger partial charge in [0.15, 0.2) is 0 Å². The number of aliphatic hydroxyl groups excluding tert-OH is 1. The summed E-state index contributed by atoms with van der Waals surface area (Å²) in [5.74, 6) is -0.246. The standard InChI is InChI=1S/C23H29IO4S/c1-2-15-5-3-6-16(11-15)13-28-14-19-18(20(24)12-21(19)25)8-4-7-17-9-10-22(29-17)23(26)27/h3,5-6,9-11,18-21,25H,2,4,7-8,12-14H2,1H3,(H,26,27)/t18-,19?,20?,21-/m1/s1. The van der Waals surface area contributed by atoms with Crippen LogP contribution in [0.2, 0.25) is 0 Å². The number of rotatable bonds is 10. The van der Waals surface area contributed by atoms with E-state index in [0.717, 1.165) is 37.0 Å². The molecule has 1 saturated carbocycles. The van der Waals surface area contributed by atoms with E-state index in [0.29, 0.717) is 27.9 Å². The van der Waals surface area contributed by atoms with Crippen molar-refractivity contribution >= 4 is 39.9 Å². The molecular formula is C23H29IO4S. The van der Waals surface area contributed by atoms with E-state index in [1.54, 1.807) is 6.07 Å². The summed E-state index contributed by atoms with van der Waals surface area (Å²) >= 11 is 3.84. The fraction of sp³-hybridized carbons (Fsp3) is 0.522. The van der Waals surface area contributed by atoms with Crippen LogP contribution in [0.25, 0.3) is 0 Å². The Hall–Kier alpha value is -0.960. The quantitative estimate of drug-likeness (QED) is 0.323. The second-order valence-corrected chi connectivity index (χ2v) is 10.6. The number of alkyl halides is 1. The Morgan fingerprint density at radius 2 is 2.03 bits per heavy atom. The van der Waals surface area contributed by atoms with Crippen LogP contribution in [-0.2, 0) is 24.2 Å². The summed E-state index contributed by atoms with van der Waals surface area (Å²) in [6.45, 7) is 3.32. The molecule has 0 saturated heterocycles. The summed E-state index contributed by atoms with van der Waals surface area (Å²) < 4.78 is 6.48. The number of thiophene rings is 1. The second kappa shape index (κ2) is 10.9. The molecule has 2 unspecified atom stereocenters. The predicted octanol–water partition coefficient (Wildman–Crippen LogP) is 5.35. The van der Waals surface area contributed by atoms with Gasteiger partial charge >= 0.3 is 5.97 Å². The first-order valence-electron chi connectivity index (χ1n) is 10.3. The van der Waals surface area contributed by atoms with Crippen LogP contribution in [0.1, 0.15) is 51.9 Å². The molecule has 158 valence electrons. The summed E-state index contributed by atoms with van der Waals surface area (Å²) in [4.78, 5) is 12.5. The molecule has 1 aromatic heterocycles. The third-order valence-corrected chi connectivity index (χ3v) is 8.35. The fourth-order valence-corrected chi connectivity index (χ4v) is 6.46. The topological polar surface area (TPSA) is 66.8 Å². The molecule has 0 aliphatic heterocycles. The molecule has 6 heteroatoms. The van der Waals surface area contributed by atoms with E-state index < -0.39 is 5.97 Å². The van der Waals surface area contributed by atoms with E-state index in [1.807, 2.05) is 6.07 Å². The fourth-order valence-electron chi connectivity index (χ4n) is 4.15. The molecule has 0 amide bonds. The van der Waals surface area contributed by atoms with Crippen LogP contribution in [0.4, 0.5) is 0 Å². The third kappa shape index (κ3) is 6.26. The maximum atomic E-state index is 11.0. The monoisotopic (exact) mass is 528 g/mol. The highest BCUT2D eigenvalue weighted by atomic mass is 127. The number of carboxylic acid groups (broad SMARTS) is 1. The molecule has 2 N–H and O–H groups in total. The van der Waals surface area contributed by atoms with Crippen molar-refractivity contribution in [3.05, 3.63) is 57.3 Å². The molecule has 1 aliphatic rings. The zero-order valence-corrected chi connectivity index (χ0v) is 19.7. The maximum Gasteiger partial charge on any atom is 0.345 e. The van der Waals surface area contributed by atoms with Crippen LogP contribution in [0.3, 0.4) is 0 Å². The maximum absolute atomic E-state index is 11.0. The van der Waals surface area contributed by atoms with Crippen LogP contribution >= 0.6 is 33.9 Å². The van der Waals surface area contributed by atoms with E-state index in [4.69, 9.17) is 9.84 Å². The van der Waals surface area contributed by atoms with E-state index in [2.05, 4.69) is 53.8 Å². The first kappa shape index (κ1) is 22.7. The highest BCUT2D eigenvalue weighted by Crippen LogP contribution is 2.41. The van der Waals surface area contributed by atoms with Gasteiger partial charge < -0.3 is 14.9 Å². The van der Waals surface area contributed by atoms with Gasteiger partial charge in [0, 0.05) is 14.7 Å². The summed E-state index contributed by atoms with van der Waals surface area (Å²) in [5, 5.41) is 19.6. The Balaban J connectivity index is 1.49. The molecule has 4 nitrogen and oxygen atoms in total. The van der Waals surface area contributed by atoms with Gasteiger partial charge in [-0.05, 0) is 61.3 Å². The number of ether oxygens (including phenoxy) is 1. The molecule has 0 spiro atoms. The SMILES string of the molecule is CCc1cccc(COCC2[C@@H](CCCc3ccc(C(=O)O)s3)C(I)C[C@H]2O)c1. The number of hydrogen-bond acceptors (Lipinski definition) is 4. The predicted molar refractivity (Wildman–Crippen MR) is 125 cm³/mol. The molecule has 29 heavy (non-hydrogen) atoms. The molecule has 0 bridgehead atoms. The molecule has 1 aromatic carbocycles. The normalized spacial score (nSPS) is 24.1. The molecule has 0 radical (unpaired) electrons. The molecule has 1 heterocycles. The van der Waals surface area contributed by atoms with Crippen molar-refractivity contribution in [2.75, 3.05) is 6.61 Å². The van der Waals surface area contributed by atoms with Gasteiger partial charge in [-0.1, -0.05) is 53.8 Å². The van der Waals surface area contributed by atoms with Crippen molar-refractivity contribution in [3.8, 4) is 0 Å². The Bertz CT molecular complexity index is 806. The van der Waals surface area contributed by atoms with Crippen LogP contribution in [0.5, 0.6) is 0 Å². The van der Waals surface area contributed by atoms with E-state index >= 15 is 0 Å². The lowest BCUT2D eigenvalue weighted by atomic mass is 9.90. The summed E-state index contributed by atoms with van der Waals surface area (Å²) in [5.41, 5.74) is 2.50. The average Bonchev–Trinajstić information content (AvgIpc) is 3.28. The van der Waals surface area contributed by atoms with Crippen molar-refractivity contribution in [1.82, 2.24) is 0 Å². The van der Waals surface area contributed by atoms with Gasteiger partial charge in [-0.3, -0.25) is 0 Å². The van der Waals surface area contributed by atoms with Crippen molar-refractivity contribution in [2.24, 2.45) is 11.8 Å². The second-order valence-electron chi connectivity index (χ2n) is 7.80. The minimum atomic E-state index is -0.853. The van der Waals surface area contributed by atoms with Crippen molar-refractivity contribution in [1.29, 1.82) is 0 Å². The Morgan fingerprint density at radius 1 is 1.24 bits per heavy atom. The first-order valence-corrected chi connectivity index (χ1v) is 12.3. The molecule has 3 rings (SSSR count). The van der Waals surface area contributed by atoms with Gasteiger partial charge in [0.05, 0.1) is 19.3 Å². The van der Waals surface area contributed by atoms with Gasteiger partial charge in [0.2, 0.25) is 0 Å². The van der Waals surface area contributed by atoms with Gasteiger partial charge in [-0.15, -0.1) is 11.3 Å². The lowest BCUT2D eigenvalue weighted by Crippen LogP contribution is -2.26. The number of aryl methyl sites for hydroxylation is 2. The number of hydrogen-bond donors (Lipinski definition) is 2. The highest BCUT2D eigenvalue weighted by molar-refractivity contribution is 14.1. The smallest absolute Gasteiger partial charge is 0.345 e. The number of benzene rings is 1. The molecular weight excluding hydrogens is 499 g/mol. The summed E-state index contributed by atoms with van der Waals surface area (Å²) in [6.07, 6.45) is 4.48. The summed E-state index contributed by atoms with van der Waals surface area (Å²) in [7, 11) is 0. The molecule has 4 atom stereocenters. The number of aliphatic hydroxyl groups is 1. The van der Waals surface area contributed by atoms with E-state index in [1.165, 1.54) is 22.5 Å². The summed E-state index contributed by atoms with van der Waals surface area (Å²) in [6, 6.07) is 12.1. The lowest BCUT2D eigenvalue weighted by molar-refractivity contribution is 0.0201. The van der Waals surface area contributed by atoms with Crippen LogP contribution in [-0.4, -0.2) is 32.8 Å². The van der Waals surface area contributed by atoms with Crippen LogP contribution < -0.4 is 0 Å². The van der Waals surface area contributed by atoms with Gasteiger partial charge in [0.25, 0.3) is 0 Å². The number of aromatic carboxylic acids is 1. The van der Waals surface area contributed by atoms with Gasteiger partial charge in [0.1, 0.15) is 4.88 Å². The minimum Gasteiger partial charge on any atom is -0.477 e. The van der Waals surface area contributed by atoms with Crippen LogP contribution in [0, 0.1) is 11.8 Å². The van der Waals surface area contributed by atoms with Crippen molar-refractivity contribution in [2.45, 2.75) is 55.7 Å². The van der Waals surface area contributed by atoms with E-state index in [-0.39, 0.29) is 12.0 Å². The number of carbonyl (C=O) groups is 1. The van der Waals surface area contributed by atoms with Crippen LogP contribution in [0.15, 0.2) is 36.4 Å². The Morgan fingerprint density at radius 3 is 2.76 bits per heavy atom. The van der Waals surface area contributed by atoms with Crippen molar-refractivity contribution in [3.63, 3.8) is 0 Å². The van der Waals surface area contributed by atoms with Gasteiger partial charge in [-0.25, -0.2) is 4.79 Å². The molecule has 1 fully saturated rings. The Labute approximate surface area is 190 Å². The number of carboxylic acids is 1. The minimum absolute atomic E-state index is 0.171. The molecule has 2 aromatic rings. The lowest BCUT2D eigenvalue weighted by Gasteiger charge is -2.23. The average molecular weight is 528 g/mol. The largest absolute Gasteiger partial charge is 0.477 e. The van der Waals surface area contributed by atoms with Crippen molar-refractivity contribution < 1.29 is 19.7 Å². The highest BCUT2D eigenvalue weighted by Gasteiger charge is 2.40. The van der Waals surface area contributed by atoms with Gasteiger partial charge in [-0.2, -0.15) is 0 Å². The third-order valence-electron chi connectivity index (χ3n) is 5.79. The first-order chi connectivity index (χ1) is 14.0. The van der Waals surface area contributed by atoms with E-state index in [9.17, 15) is 9.90 Å². The zero-order valence-electron chi connectivity index (χ0n) is 16.7. The zero-order chi connectivity index (χ0) is 20.8.